The number of imidazole rings is 1. The van der Waals surface area contributed by atoms with Crippen molar-refractivity contribution in [2.24, 2.45) is 5.10 Å². The number of hydrogen-bond donors (Lipinski definition) is 0. The average Bonchev–Trinajstić information content (AvgIpc) is 2.63. The van der Waals surface area contributed by atoms with E-state index in [-0.39, 0.29) is 10.8 Å². The third-order valence-corrected chi connectivity index (χ3v) is 2.77. The van der Waals surface area contributed by atoms with E-state index >= 15 is 0 Å². The first kappa shape index (κ1) is 15.4. The zero-order valence-electron chi connectivity index (χ0n) is 13.0. The third kappa shape index (κ3) is 3.22. The summed E-state index contributed by atoms with van der Waals surface area (Å²) in [6.45, 7) is 20.5. The van der Waals surface area contributed by atoms with E-state index in [1.165, 1.54) is 0 Å². The lowest BCUT2D eigenvalue weighted by Crippen LogP contribution is -2.24. The van der Waals surface area contributed by atoms with Gasteiger partial charge in [-0.2, -0.15) is 5.10 Å². The fourth-order valence-corrected chi connectivity index (χ4v) is 1.99. The zero-order valence-corrected chi connectivity index (χ0v) is 13.0. The lowest BCUT2D eigenvalue weighted by molar-refractivity contribution is 0.494. The molecule has 3 heteroatoms. The second-order valence-electron chi connectivity index (χ2n) is 6.68. The maximum absolute atomic E-state index is 4.72. The molecule has 0 aliphatic rings. The second kappa shape index (κ2) is 5.16. The van der Waals surface area contributed by atoms with Crippen LogP contribution >= 0.6 is 0 Å². The number of aromatic nitrogens is 2. The normalized spacial score (nSPS) is 12.9. The number of rotatable bonds is 3. The Hall–Kier alpha value is -1.64. The van der Waals surface area contributed by atoms with Crippen LogP contribution in [-0.2, 0) is 10.8 Å². The molecule has 0 aliphatic carbocycles. The molecule has 0 bridgehead atoms. The Labute approximate surface area is 116 Å². The van der Waals surface area contributed by atoms with Crippen molar-refractivity contribution in [3.8, 4) is 0 Å². The van der Waals surface area contributed by atoms with Crippen molar-refractivity contribution < 1.29 is 0 Å². The van der Waals surface area contributed by atoms with Crippen molar-refractivity contribution in [2.75, 3.05) is 0 Å². The van der Waals surface area contributed by atoms with Crippen LogP contribution < -0.4 is 0 Å². The summed E-state index contributed by atoms with van der Waals surface area (Å²) in [6, 6.07) is 0. The number of nitrogens with zero attached hydrogens (tertiary/aromatic N) is 3. The molecule has 1 heterocycles. The van der Waals surface area contributed by atoms with Crippen LogP contribution in [0.3, 0.4) is 0 Å². The first-order valence-electron chi connectivity index (χ1n) is 6.54. The first-order chi connectivity index (χ1) is 8.62. The summed E-state index contributed by atoms with van der Waals surface area (Å²) in [4.78, 5) is 4.72. The van der Waals surface area contributed by atoms with E-state index in [1.54, 1.807) is 18.4 Å². The molecule has 3 nitrogen and oxygen atoms in total. The van der Waals surface area contributed by atoms with Crippen LogP contribution in [-0.4, -0.2) is 15.9 Å². The lowest BCUT2D eigenvalue weighted by atomic mass is 9.82. The topological polar surface area (TPSA) is 30.2 Å². The van der Waals surface area contributed by atoms with Crippen molar-refractivity contribution in [1.82, 2.24) is 9.66 Å². The third-order valence-electron chi connectivity index (χ3n) is 2.77. The molecule has 104 valence electrons. The second-order valence-corrected chi connectivity index (χ2v) is 6.68. The molecule has 1 aromatic rings. The van der Waals surface area contributed by atoms with E-state index in [9.17, 15) is 0 Å². The molecule has 0 unspecified atom stereocenters. The highest BCUT2D eigenvalue weighted by atomic mass is 15.4. The van der Waals surface area contributed by atoms with Gasteiger partial charge in [0.05, 0.1) is 11.4 Å². The van der Waals surface area contributed by atoms with Crippen molar-refractivity contribution in [1.29, 1.82) is 0 Å². The van der Waals surface area contributed by atoms with Crippen molar-refractivity contribution in [2.45, 2.75) is 52.4 Å². The Balaban J connectivity index is 3.68. The maximum atomic E-state index is 4.72. The van der Waals surface area contributed by atoms with E-state index in [2.05, 4.69) is 59.8 Å². The minimum absolute atomic E-state index is 0.0324. The van der Waals surface area contributed by atoms with Crippen LogP contribution in [0.2, 0.25) is 0 Å². The van der Waals surface area contributed by atoms with Gasteiger partial charge in [-0.25, -0.2) is 9.66 Å². The van der Waals surface area contributed by atoms with Crippen molar-refractivity contribution in [3.63, 3.8) is 0 Å². The van der Waals surface area contributed by atoms with Gasteiger partial charge in [0.1, 0.15) is 0 Å². The van der Waals surface area contributed by atoms with E-state index in [0.717, 1.165) is 17.2 Å². The van der Waals surface area contributed by atoms with Gasteiger partial charge in [-0.05, 0) is 12.2 Å². The van der Waals surface area contributed by atoms with E-state index in [4.69, 9.17) is 4.98 Å². The molecule has 0 saturated heterocycles. The summed E-state index contributed by atoms with van der Waals surface area (Å²) < 4.78 is 1.87. The quantitative estimate of drug-likeness (QED) is 0.750. The monoisotopic (exact) mass is 259 g/mol. The first-order valence-corrected chi connectivity index (χ1v) is 6.54. The SMILES string of the molecule is C=C/C=N\n1c(C=C)nc(C(C)(C)C)c1C(C)(C)C. The lowest BCUT2D eigenvalue weighted by Gasteiger charge is -2.26. The standard InChI is InChI=1S/C16H25N3/c1-9-11-17-19-12(10-2)18-13(15(3,4)5)14(19)16(6,7)8/h9-11H,1-2H2,3-8H3/b17-11-. The van der Waals surface area contributed by atoms with Crippen molar-refractivity contribution in [3.05, 3.63) is 36.4 Å². The summed E-state index contributed by atoms with van der Waals surface area (Å²) >= 11 is 0. The molecule has 0 N–H and O–H groups in total. The number of hydrogen-bond acceptors (Lipinski definition) is 2. The largest absolute Gasteiger partial charge is 0.231 e. The van der Waals surface area contributed by atoms with Gasteiger partial charge in [0, 0.05) is 17.0 Å². The number of allylic oxidation sites excluding steroid dienone is 1. The van der Waals surface area contributed by atoms with Crippen LogP contribution in [0.5, 0.6) is 0 Å². The molecule has 0 fully saturated rings. The highest BCUT2D eigenvalue weighted by Crippen LogP contribution is 2.34. The maximum Gasteiger partial charge on any atom is 0.153 e. The fourth-order valence-electron chi connectivity index (χ4n) is 1.99. The molecule has 0 aromatic carbocycles. The van der Waals surface area contributed by atoms with Gasteiger partial charge in [0.2, 0.25) is 0 Å². The van der Waals surface area contributed by atoms with Crippen LogP contribution in [0.1, 0.15) is 58.8 Å². The predicted octanol–water partition coefficient (Wildman–Crippen LogP) is 4.14. The zero-order chi connectivity index (χ0) is 14.8. The van der Waals surface area contributed by atoms with E-state index in [1.807, 2.05) is 4.68 Å². The van der Waals surface area contributed by atoms with Crippen LogP contribution in [0.15, 0.2) is 24.3 Å². The van der Waals surface area contributed by atoms with Gasteiger partial charge in [0.15, 0.2) is 5.82 Å². The molecule has 0 amide bonds. The fraction of sp³-hybridized carbons (Fsp3) is 0.500. The van der Waals surface area contributed by atoms with Gasteiger partial charge in [-0.15, -0.1) is 0 Å². The smallest absolute Gasteiger partial charge is 0.153 e. The molecule has 0 radical (unpaired) electrons. The Morgan fingerprint density at radius 2 is 1.63 bits per heavy atom. The summed E-state index contributed by atoms with van der Waals surface area (Å²) in [6.07, 6.45) is 5.08. The van der Waals surface area contributed by atoms with Gasteiger partial charge < -0.3 is 0 Å². The van der Waals surface area contributed by atoms with Gasteiger partial charge in [-0.3, -0.25) is 0 Å². The average molecular weight is 259 g/mol. The summed E-state index contributed by atoms with van der Waals surface area (Å²) in [5.74, 6) is 0.771. The Kier molecular flexibility index (Phi) is 4.18. The highest BCUT2D eigenvalue weighted by molar-refractivity contribution is 5.70. The van der Waals surface area contributed by atoms with Crippen LogP contribution in [0.25, 0.3) is 6.08 Å². The van der Waals surface area contributed by atoms with Gasteiger partial charge in [0.25, 0.3) is 0 Å². The molecule has 1 aromatic heterocycles. The summed E-state index contributed by atoms with van der Waals surface area (Å²) in [5.41, 5.74) is 2.11. The van der Waals surface area contributed by atoms with Crippen LogP contribution in [0, 0.1) is 0 Å². The molecular formula is C16H25N3. The van der Waals surface area contributed by atoms with Gasteiger partial charge in [-0.1, -0.05) is 54.7 Å². The summed E-state index contributed by atoms with van der Waals surface area (Å²) in [5, 5.41) is 4.44. The predicted molar refractivity (Wildman–Crippen MR) is 83.8 cm³/mol. The molecule has 0 saturated carbocycles. The Bertz CT molecular complexity index is 505. The molecule has 1 rings (SSSR count). The van der Waals surface area contributed by atoms with Crippen molar-refractivity contribution >= 4 is 12.3 Å². The Morgan fingerprint density at radius 3 is 2.00 bits per heavy atom. The van der Waals surface area contributed by atoms with E-state index < -0.39 is 0 Å². The molecule has 19 heavy (non-hydrogen) atoms. The van der Waals surface area contributed by atoms with Crippen LogP contribution in [0.4, 0.5) is 0 Å². The molecule has 0 aliphatic heterocycles. The molecule has 0 spiro atoms. The minimum Gasteiger partial charge on any atom is -0.231 e. The molecular weight excluding hydrogens is 234 g/mol. The highest BCUT2D eigenvalue weighted by Gasteiger charge is 2.32. The van der Waals surface area contributed by atoms with Gasteiger partial charge >= 0.3 is 0 Å². The minimum atomic E-state index is -0.0462. The Morgan fingerprint density at radius 1 is 1.05 bits per heavy atom. The molecule has 0 atom stereocenters. The summed E-state index contributed by atoms with van der Waals surface area (Å²) in [7, 11) is 0. The van der Waals surface area contributed by atoms with E-state index in [0.29, 0.717) is 0 Å².